The topological polar surface area (TPSA) is 98.3 Å². The van der Waals surface area contributed by atoms with E-state index in [1.54, 1.807) is 13.8 Å². The maximum atomic E-state index is 11.7. The zero-order chi connectivity index (χ0) is 14.9. The standard InChI is InChI=1S/C13H16N2O4S/c1-6(2)14-10(16)11(17)15-12-9(13(18)19)7-4-3-5-8(7)20-12/h6H,3-5H2,1-2H3,(H,14,16)(H,15,17)(H,18,19)/p-1. The minimum Gasteiger partial charge on any atom is -0.545 e. The highest BCUT2D eigenvalue weighted by atomic mass is 32.1. The van der Waals surface area contributed by atoms with Crippen molar-refractivity contribution in [1.29, 1.82) is 0 Å². The smallest absolute Gasteiger partial charge is 0.314 e. The average Bonchev–Trinajstić information content (AvgIpc) is 2.86. The van der Waals surface area contributed by atoms with Gasteiger partial charge in [-0.05, 0) is 38.7 Å². The third-order valence-corrected chi connectivity index (χ3v) is 4.19. The molecule has 20 heavy (non-hydrogen) atoms. The van der Waals surface area contributed by atoms with Crippen LogP contribution in [-0.2, 0) is 22.4 Å². The van der Waals surface area contributed by atoms with Crippen LogP contribution in [0, 0.1) is 0 Å². The Balaban J connectivity index is 2.20. The number of carboxylic acid groups (broad SMARTS) is 1. The van der Waals surface area contributed by atoms with Crippen molar-refractivity contribution in [3.8, 4) is 0 Å². The largest absolute Gasteiger partial charge is 0.545 e. The molecule has 1 aliphatic rings. The van der Waals surface area contributed by atoms with E-state index in [0.717, 1.165) is 23.3 Å². The summed E-state index contributed by atoms with van der Waals surface area (Å²) in [5, 5.41) is 16.2. The monoisotopic (exact) mass is 295 g/mol. The molecule has 1 aliphatic carbocycles. The van der Waals surface area contributed by atoms with Crippen LogP contribution in [0.1, 0.15) is 41.1 Å². The molecular weight excluding hydrogens is 280 g/mol. The average molecular weight is 295 g/mol. The van der Waals surface area contributed by atoms with Crippen LogP contribution < -0.4 is 15.7 Å². The summed E-state index contributed by atoms with van der Waals surface area (Å²) in [5.74, 6) is -2.96. The molecule has 0 bridgehead atoms. The fraction of sp³-hybridized carbons (Fsp3) is 0.462. The van der Waals surface area contributed by atoms with Gasteiger partial charge in [-0.3, -0.25) is 9.59 Å². The van der Waals surface area contributed by atoms with E-state index in [0.29, 0.717) is 6.42 Å². The van der Waals surface area contributed by atoms with E-state index in [-0.39, 0.29) is 16.6 Å². The number of rotatable bonds is 3. The summed E-state index contributed by atoms with van der Waals surface area (Å²) in [6, 6.07) is -0.165. The van der Waals surface area contributed by atoms with Crippen LogP contribution >= 0.6 is 11.3 Å². The number of hydrogen-bond acceptors (Lipinski definition) is 5. The molecule has 0 aliphatic heterocycles. The molecular formula is C13H15N2O4S-. The van der Waals surface area contributed by atoms with Gasteiger partial charge in [0, 0.05) is 16.5 Å². The van der Waals surface area contributed by atoms with E-state index < -0.39 is 17.8 Å². The minimum absolute atomic E-state index is 0.0215. The van der Waals surface area contributed by atoms with Gasteiger partial charge in [-0.2, -0.15) is 0 Å². The Morgan fingerprint density at radius 1 is 1.20 bits per heavy atom. The number of nitrogens with one attached hydrogen (secondary N) is 2. The second-order valence-corrected chi connectivity index (χ2v) is 6.04. The van der Waals surface area contributed by atoms with Gasteiger partial charge in [-0.25, -0.2) is 0 Å². The molecule has 1 aromatic heterocycles. The normalized spacial score (nSPS) is 13.2. The van der Waals surface area contributed by atoms with Crippen LogP contribution in [-0.4, -0.2) is 23.8 Å². The lowest BCUT2D eigenvalue weighted by molar-refractivity contribution is -0.254. The van der Waals surface area contributed by atoms with Gasteiger partial charge in [0.2, 0.25) is 0 Å². The summed E-state index contributed by atoms with van der Waals surface area (Å²) in [6.45, 7) is 3.47. The van der Waals surface area contributed by atoms with Crippen molar-refractivity contribution in [2.45, 2.75) is 39.2 Å². The predicted octanol–water partition coefficient (Wildman–Crippen LogP) is 0.0634. The quantitative estimate of drug-likeness (QED) is 0.771. The number of carbonyl (C=O) groups is 3. The summed E-state index contributed by atoms with van der Waals surface area (Å²) in [5.41, 5.74) is 0.753. The van der Waals surface area contributed by atoms with Crippen LogP contribution in [0.3, 0.4) is 0 Å². The van der Waals surface area contributed by atoms with Gasteiger partial charge < -0.3 is 20.5 Å². The number of aromatic carboxylic acids is 1. The molecule has 1 aromatic rings. The Bertz CT molecular complexity index is 577. The summed E-state index contributed by atoms with van der Waals surface area (Å²) < 4.78 is 0. The van der Waals surface area contributed by atoms with Gasteiger partial charge in [0.15, 0.2) is 0 Å². The van der Waals surface area contributed by atoms with Gasteiger partial charge in [0.25, 0.3) is 0 Å². The van der Waals surface area contributed by atoms with Gasteiger partial charge >= 0.3 is 11.8 Å². The van der Waals surface area contributed by atoms with E-state index in [1.807, 2.05) is 0 Å². The van der Waals surface area contributed by atoms with Crippen LogP contribution in [0.25, 0.3) is 0 Å². The van der Waals surface area contributed by atoms with E-state index in [9.17, 15) is 19.5 Å². The van der Waals surface area contributed by atoms with Crippen LogP contribution in [0.4, 0.5) is 5.00 Å². The third-order valence-electron chi connectivity index (χ3n) is 2.98. The van der Waals surface area contributed by atoms with Crippen LogP contribution in [0.15, 0.2) is 0 Å². The summed E-state index contributed by atoms with van der Waals surface area (Å²) >= 11 is 1.21. The first-order valence-corrected chi connectivity index (χ1v) is 7.19. The highest BCUT2D eigenvalue weighted by molar-refractivity contribution is 7.17. The zero-order valence-corrected chi connectivity index (χ0v) is 12.1. The number of anilines is 1. The zero-order valence-electron chi connectivity index (χ0n) is 11.2. The van der Waals surface area contributed by atoms with Gasteiger partial charge in [-0.15, -0.1) is 11.3 Å². The molecule has 7 heteroatoms. The van der Waals surface area contributed by atoms with Crippen molar-refractivity contribution in [2.75, 3.05) is 5.32 Å². The molecule has 2 rings (SSSR count). The molecule has 0 fully saturated rings. The number of aryl methyl sites for hydroxylation is 1. The number of amides is 2. The number of thiophene rings is 1. The number of fused-ring (bicyclic) bond motifs is 1. The van der Waals surface area contributed by atoms with Gasteiger partial charge in [0.05, 0.1) is 5.97 Å². The van der Waals surface area contributed by atoms with Gasteiger partial charge in [0.1, 0.15) is 5.00 Å². The molecule has 1 heterocycles. The molecule has 0 spiro atoms. The fourth-order valence-electron chi connectivity index (χ4n) is 2.20. The number of hydrogen-bond donors (Lipinski definition) is 2. The minimum atomic E-state index is -1.32. The lowest BCUT2D eigenvalue weighted by Crippen LogP contribution is -2.39. The number of carbonyl (C=O) groups excluding carboxylic acids is 3. The van der Waals surface area contributed by atoms with E-state index >= 15 is 0 Å². The second kappa shape index (κ2) is 5.62. The van der Waals surface area contributed by atoms with Crippen molar-refractivity contribution >= 4 is 34.1 Å². The van der Waals surface area contributed by atoms with Crippen LogP contribution in [0.2, 0.25) is 0 Å². The van der Waals surface area contributed by atoms with Crippen molar-refractivity contribution < 1.29 is 19.5 Å². The predicted molar refractivity (Wildman–Crippen MR) is 72.6 cm³/mol. The molecule has 0 saturated carbocycles. The lowest BCUT2D eigenvalue weighted by Gasteiger charge is -2.10. The van der Waals surface area contributed by atoms with Crippen molar-refractivity contribution in [3.63, 3.8) is 0 Å². The van der Waals surface area contributed by atoms with Crippen molar-refractivity contribution in [2.24, 2.45) is 0 Å². The van der Waals surface area contributed by atoms with Crippen LogP contribution in [0.5, 0.6) is 0 Å². The van der Waals surface area contributed by atoms with Gasteiger partial charge in [-0.1, -0.05) is 0 Å². The van der Waals surface area contributed by atoms with E-state index in [1.165, 1.54) is 11.3 Å². The first-order chi connectivity index (χ1) is 9.40. The lowest BCUT2D eigenvalue weighted by atomic mass is 10.1. The Morgan fingerprint density at radius 2 is 1.90 bits per heavy atom. The Kier molecular flexibility index (Phi) is 4.08. The van der Waals surface area contributed by atoms with Crippen molar-refractivity contribution in [3.05, 3.63) is 16.0 Å². The maximum absolute atomic E-state index is 11.7. The highest BCUT2D eigenvalue weighted by Crippen LogP contribution is 2.38. The molecule has 2 amide bonds. The molecule has 0 unspecified atom stereocenters. The summed E-state index contributed by atoms with van der Waals surface area (Å²) in [7, 11) is 0. The molecule has 0 atom stereocenters. The Hall–Kier alpha value is -1.89. The Morgan fingerprint density at radius 3 is 2.50 bits per heavy atom. The van der Waals surface area contributed by atoms with Crippen molar-refractivity contribution in [1.82, 2.24) is 5.32 Å². The van der Waals surface area contributed by atoms with E-state index in [4.69, 9.17) is 0 Å². The maximum Gasteiger partial charge on any atom is 0.314 e. The molecule has 0 aromatic carbocycles. The highest BCUT2D eigenvalue weighted by Gasteiger charge is 2.25. The summed E-state index contributed by atoms with van der Waals surface area (Å²) in [4.78, 5) is 35.4. The Labute approximate surface area is 120 Å². The first kappa shape index (κ1) is 14.5. The molecule has 0 saturated heterocycles. The SMILES string of the molecule is CC(C)NC(=O)C(=O)Nc1sc2c(c1C(=O)[O-])CCC2. The number of carboxylic acids is 1. The first-order valence-electron chi connectivity index (χ1n) is 6.38. The second-order valence-electron chi connectivity index (χ2n) is 4.93. The molecule has 2 N–H and O–H groups in total. The molecule has 0 radical (unpaired) electrons. The molecule has 108 valence electrons. The molecule has 6 nitrogen and oxygen atoms in total. The van der Waals surface area contributed by atoms with E-state index in [2.05, 4.69) is 10.6 Å². The third kappa shape index (κ3) is 2.82. The summed E-state index contributed by atoms with van der Waals surface area (Å²) in [6.07, 6.45) is 2.38. The fourth-order valence-corrected chi connectivity index (χ4v) is 3.47.